The van der Waals surface area contributed by atoms with Crippen LogP contribution in [0, 0.1) is 12.8 Å². The zero-order valence-electron chi connectivity index (χ0n) is 12.6. The van der Waals surface area contributed by atoms with Crippen molar-refractivity contribution in [3.05, 3.63) is 11.8 Å². The minimum Gasteiger partial charge on any atom is -0.455 e. The van der Waals surface area contributed by atoms with Crippen LogP contribution in [0.15, 0.2) is 10.6 Å². The lowest BCUT2D eigenvalue weighted by atomic mass is 9.98. The molecular weight excluding hydrogens is 290 g/mol. The summed E-state index contributed by atoms with van der Waals surface area (Å²) in [6.07, 6.45) is 1.41. The van der Waals surface area contributed by atoms with Crippen molar-refractivity contribution >= 4 is 23.6 Å². The third-order valence-electron chi connectivity index (χ3n) is 3.44. The minimum atomic E-state index is -0.485. The zero-order valence-corrected chi connectivity index (χ0v) is 12.6. The molecule has 22 heavy (non-hydrogen) atoms. The zero-order chi connectivity index (χ0) is 16.1. The van der Waals surface area contributed by atoms with Crippen molar-refractivity contribution < 1.29 is 23.6 Å². The van der Waals surface area contributed by atoms with E-state index in [-0.39, 0.29) is 24.2 Å². The monoisotopic (exact) mass is 309 g/mol. The number of nitrogens with one attached hydrogen (secondary N) is 1. The fourth-order valence-corrected chi connectivity index (χ4v) is 2.31. The number of carbonyl (C=O) groups excluding carboxylic acids is 3. The van der Waals surface area contributed by atoms with Crippen molar-refractivity contribution in [3.63, 3.8) is 0 Å². The van der Waals surface area contributed by atoms with E-state index in [1.165, 1.54) is 6.92 Å². The molecule has 0 spiro atoms. The van der Waals surface area contributed by atoms with Gasteiger partial charge in [0.05, 0.1) is 5.92 Å². The topological polar surface area (TPSA) is 102 Å². The number of ether oxygens (including phenoxy) is 1. The van der Waals surface area contributed by atoms with Crippen LogP contribution in [0.2, 0.25) is 0 Å². The highest BCUT2D eigenvalue weighted by Gasteiger charge is 2.28. The third kappa shape index (κ3) is 4.31. The second kappa shape index (κ2) is 7.06. The van der Waals surface area contributed by atoms with Gasteiger partial charge in [-0.2, -0.15) is 0 Å². The van der Waals surface area contributed by atoms with Gasteiger partial charge in [0, 0.05) is 26.1 Å². The highest BCUT2D eigenvalue weighted by molar-refractivity contribution is 5.92. The maximum absolute atomic E-state index is 12.0. The van der Waals surface area contributed by atoms with E-state index in [2.05, 4.69) is 10.5 Å². The summed E-state index contributed by atoms with van der Waals surface area (Å²) in [4.78, 5) is 36.6. The van der Waals surface area contributed by atoms with Crippen LogP contribution in [-0.2, 0) is 19.1 Å². The first kappa shape index (κ1) is 16.0. The molecule has 2 rings (SSSR count). The number of esters is 1. The van der Waals surface area contributed by atoms with Crippen molar-refractivity contribution in [1.29, 1.82) is 0 Å². The molecule has 0 bridgehead atoms. The number of hydrogen-bond donors (Lipinski definition) is 1. The molecular formula is C14H19N3O5. The number of rotatable bonds is 4. The average Bonchev–Trinajstić information content (AvgIpc) is 2.90. The first-order valence-corrected chi connectivity index (χ1v) is 7.11. The standard InChI is InChI=1S/C14H19N3O5/c1-9-6-12(16-22-9)15-13(19)8-21-14(20)11-4-3-5-17(7-11)10(2)18/h6,11H,3-5,7-8H2,1-2H3,(H,15,16,19). The number of amides is 2. The number of anilines is 1. The molecule has 1 aromatic heterocycles. The van der Waals surface area contributed by atoms with Crippen LogP contribution in [0.1, 0.15) is 25.5 Å². The second-order valence-corrected chi connectivity index (χ2v) is 5.28. The summed E-state index contributed by atoms with van der Waals surface area (Å²) in [6, 6.07) is 1.56. The van der Waals surface area contributed by atoms with Crippen LogP contribution >= 0.6 is 0 Å². The van der Waals surface area contributed by atoms with Crippen LogP contribution in [0.25, 0.3) is 0 Å². The van der Waals surface area contributed by atoms with E-state index in [9.17, 15) is 14.4 Å². The van der Waals surface area contributed by atoms with Gasteiger partial charge in [-0.1, -0.05) is 5.16 Å². The third-order valence-corrected chi connectivity index (χ3v) is 3.44. The minimum absolute atomic E-state index is 0.0587. The molecule has 1 aliphatic heterocycles. The summed E-state index contributed by atoms with van der Waals surface area (Å²) in [7, 11) is 0. The molecule has 0 radical (unpaired) electrons. The fourth-order valence-electron chi connectivity index (χ4n) is 2.31. The SMILES string of the molecule is CC(=O)N1CCCC(C(=O)OCC(=O)Nc2cc(C)on2)C1. The van der Waals surface area contributed by atoms with E-state index in [1.54, 1.807) is 17.9 Å². The average molecular weight is 309 g/mol. The maximum atomic E-state index is 12.0. The number of likely N-dealkylation sites (tertiary alicyclic amines) is 1. The second-order valence-electron chi connectivity index (χ2n) is 5.28. The Morgan fingerprint density at radius 1 is 1.50 bits per heavy atom. The Balaban J connectivity index is 1.77. The number of hydrogen-bond acceptors (Lipinski definition) is 6. The summed E-state index contributed by atoms with van der Waals surface area (Å²) in [5.74, 6) is -0.535. The summed E-state index contributed by atoms with van der Waals surface area (Å²) in [5.41, 5.74) is 0. The van der Waals surface area contributed by atoms with Gasteiger partial charge in [0.1, 0.15) is 5.76 Å². The molecule has 1 atom stereocenters. The molecule has 0 aromatic carbocycles. The quantitative estimate of drug-likeness (QED) is 0.822. The Kier molecular flexibility index (Phi) is 5.13. The van der Waals surface area contributed by atoms with E-state index in [4.69, 9.17) is 9.26 Å². The van der Waals surface area contributed by atoms with Crippen LogP contribution in [0.5, 0.6) is 0 Å². The van der Waals surface area contributed by atoms with E-state index in [0.29, 0.717) is 25.3 Å². The fraction of sp³-hybridized carbons (Fsp3) is 0.571. The lowest BCUT2D eigenvalue weighted by Gasteiger charge is -2.30. The molecule has 8 nitrogen and oxygen atoms in total. The Morgan fingerprint density at radius 2 is 2.27 bits per heavy atom. The number of nitrogens with zero attached hydrogens (tertiary/aromatic N) is 2. The van der Waals surface area contributed by atoms with Gasteiger partial charge >= 0.3 is 5.97 Å². The van der Waals surface area contributed by atoms with Crippen LogP contribution in [0.3, 0.4) is 0 Å². The predicted molar refractivity (Wildman–Crippen MR) is 75.8 cm³/mol. The van der Waals surface area contributed by atoms with Gasteiger partial charge in [-0.15, -0.1) is 0 Å². The molecule has 8 heteroatoms. The summed E-state index contributed by atoms with van der Waals surface area (Å²) in [5, 5.41) is 6.07. The number of aryl methyl sites for hydroxylation is 1. The molecule has 1 aliphatic rings. The van der Waals surface area contributed by atoms with Gasteiger partial charge in [-0.05, 0) is 19.8 Å². The Labute approximate surface area is 127 Å². The maximum Gasteiger partial charge on any atom is 0.311 e. The van der Waals surface area contributed by atoms with Crippen LogP contribution < -0.4 is 5.32 Å². The van der Waals surface area contributed by atoms with Crippen molar-refractivity contribution in [2.45, 2.75) is 26.7 Å². The van der Waals surface area contributed by atoms with Gasteiger partial charge in [-0.3, -0.25) is 14.4 Å². The molecule has 120 valence electrons. The summed E-state index contributed by atoms with van der Waals surface area (Å²) >= 11 is 0. The number of piperidine rings is 1. The van der Waals surface area contributed by atoms with Crippen molar-refractivity contribution in [2.75, 3.05) is 25.0 Å². The van der Waals surface area contributed by atoms with Crippen LogP contribution in [-0.4, -0.2) is 47.5 Å². The molecule has 1 fully saturated rings. The molecule has 1 aromatic rings. The van der Waals surface area contributed by atoms with Crippen LogP contribution in [0.4, 0.5) is 5.82 Å². The first-order chi connectivity index (χ1) is 10.5. The molecule has 0 saturated carbocycles. The molecule has 1 unspecified atom stereocenters. The summed E-state index contributed by atoms with van der Waals surface area (Å²) in [6.45, 7) is 3.79. The van der Waals surface area contributed by atoms with Crippen molar-refractivity contribution in [1.82, 2.24) is 10.1 Å². The Hall–Kier alpha value is -2.38. The predicted octanol–water partition coefficient (Wildman–Crippen LogP) is 0.723. The molecule has 1 N–H and O–H groups in total. The first-order valence-electron chi connectivity index (χ1n) is 7.11. The smallest absolute Gasteiger partial charge is 0.311 e. The molecule has 0 aliphatic carbocycles. The van der Waals surface area contributed by atoms with E-state index in [1.807, 2.05) is 0 Å². The Morgan fingerprint density at radius 3 is 2.91 bits per heavy atom. The number of aromatic nitrogens is 1. The number of carbonyl (C=O) groups is 3. The van der Waals surface area contributed by atoms with Gasteiger partial charge in [0.2, 0.25) is 5.91 Å². The lowest BCUT2D eigenvalue weighted by Crippen LogP contribution is -2.42. The Bertz CT molecular complexity index is 569. The highest BCUT2D eigenvalue weighted by Crippen LogP contribution is 2.18. The van der Waals surface area contributed by atoms with E-state index < -0.39 is 11.9 Å². The molecule has 2 amide bonds. The van der Waals surface area contributed by atoms with Gasteiger partial charge < -0.3 is 19.5 Å². The summed E-state index contributed by atoms with van der Waals surface area (Å²) < 4.78 is 9.81. The lowest BCUT2D eigenvalue weighted by molar-refractivity contribution is -0.154. The van der Waals surface area contributed by atoms with Gasteiger partial charge in [0.15, 0.2) is 12.4 Å². The van der Waals surface area contributed by atoms with Crippen molar-refractivity contribution in [2.24, 2.45) is 5.92 Å². The molecule has 2 heterocycles. The molecule has 1 saturated heterocycles. The van der Waals surface area contributed by atoms with E-state index >= 15 is 0 Å². The largest absolute Gasteiger partial charge is 0.455 e. The van der Waals surface area contributed by atoms with Crippen molar-refractivity contribution in [3.8, 4) is 0 Å². The van der Waals surface area contributed by atoms with E-state index in [0.717, 1.165) is 6.42 Å². The normalized spacial score (nSPS) is 17.9. The van der Waals surface area contributed by atoms with Gasteiger partial charge in [-0.25, -0.2) is 0 Å². The van der Waals surface area contributed by atoms with Gasteiger partial charge in [0.25, 0.3) is 5.91 Å². The highest BCUT2D eigenvalue weighted by atomic mass is 16.5.